The van der Waals surface area contributed by atoms with E-state index in [9.17, 15) is 14.4 Å². The number of allylic oxidation sites excluding steroid dienone is 2. The molecule has 2 aromatic carbocycles. The van der Waals surface area contributed by atoms with E-state index in [1.165, 1.54) is 47.5 Å². The van der Waals surface area contributed by atoms with Crippen molar-refractivity contribution in [3.8, 4) is 6.07 Å². The Morgan fingerprint density at radius 1 is 1.33 bits per heavy atom. The van der Waals surface area contributed by atoms with E-state index >= 15 is 0 Å². The topological polar surface area (TPSA) is 85.6 Å². The van der Waals surface area contributed by atoms with Crippen molar-refractivity contribution in [2.24, 2.45) is 0 Å². The summed E-state index contributed by atoms with van der Waals surface area (Å²) in [7, 11) is 0. The molecule has 0 saturated heterocycles. The van der Waals surface area contributed by atoms with Crippen LogP contribution in [0.1, 0.15) is 10.4 Å². The first kappa shape index (κ1) is 18.3. The molecule has 0 amide bonds. The van der Waals surface area contributed by atoms with Gasteiger partial charge in [0.1, 0.15) is 11.9 Å². The van der Waals surface area contributed by atoms with Crippen molar-refractivity contribution >= 4 is 28.9 Å². The van der Waals surface area contributed by atoms with Crippen molar-refractivity contribution in [2.45, 2.75) is 0 Å². The molecule has 0 aromatic heterocycles. The normalized spacial score (nSPS) is 13.6. The molecule has 0 bridgehead atoms. The fourth-order valence-corrected chi connectivity index (χ4v) is 2.75. The van der Waals surface area contributed by atoms with Gasteiger partial charge in [-0.15, -0.1) is 0 Å². The number of nitrogens with one attached hydrogen (secondary N) is 1. The summed E-state index contributed by atoms with van der Waals surface area (Å²) < 4.78 is 19.6. The maximum Gasteiger partial charge on any atom is 0.335 e. The molecule has 1 aliphatic heterocycles. The summed E-state index contributed by atoms with van der Waals surface area (Å²) in [5.74, 6) is -1.31. The Morgan fingerprint density at radius 2 is 2.07 bits per heavy atom. The number of carboxylic acids is 1. The first-order chi connectivity index (χ1) is 13.0. The minimum Gasteiger partial charge on any atom is -0.478 e. The van der Waals surface area contributed by atoms with Crippen LogP contribution in [-0.4, -0.2) is 17.8 Å². The van der Waals surface area contributed by atoms with Gasteiger partial charge in [0, 0.05) is 11.9 Å². The number of anilines is 2. The molecule has 0 spiro atoms. The Morgan fingerprint density at radius 3 is 2.70 bits per heavy atom. The minimum atomic E-state index is -1.01. The quantitative estimate of drug-likeness (QED) is 0.796. The van der Waals surface area contributed by atoms with E-state index in [0.717, 1.165) is 0 Å². The van der Waals surface area contributed by atoms with Crippen LogP contribution < -0.4 is 10.2 Å². The largest absolute Gasteiger partial charge is 0.478 e. The Labute approximate surface area is 159 Å². The van der Waals surface area contributed by atoms with Crippen LogP contribution in [0, 0.1) is 17.1 Å². The maximum atomic E-state index is 14.1. The number of rotatable bonds is 5. The lowest BCUT2D eigenvalue weighted by atomic mass is 10.2. The highest BCUT2D eigenvalue weighted by molar-refractivity contribution is 6.33. The molecule has 0 unspecified atom stereocenters. The number of carboxylic acid groups (broad SMARTS) is 1. The number of hydrogen-bond donors (Lipinski definition) is 2. The van der Waals surface area contributed by atoms with Crippen molar-refractivity contribution in [1.29, 1.82) is 5.26 Å². The lowest BCUT2D eigenvalue weighted by Gasteiger charge is -2.17. The van der Waals surface area contributed by atoms with Gasteiger partial charge in [0.2, 0.25) is 0 Å². The Balaban J connectivity index is 1.78. The fraction of sp³-hybridized carbons (Fsp3) is 0.0526. The third-order valence-corrected chi connectivity index (χ3v) is 4.09. The van der Waals surface area contributed by atoms with Gasteiger partial charge in [0.25, 0.3) is 0 Å². The van der Waals surface area contributed by atoms with Crippen LogP contribution in [0.15, 0.2) is 66.2 Å². The maximum absolute atomic E-state index is 14.1. The van der Waals surface area contributed by atoms with Gasteiger partial charge in [-0.3, -0.25) is 4.90 Å². The highest BCUT2D eigenvalue weighted by Crippen LogP contribution is 2.35. The highest BCUT2D eigenvalue weighted by atomic mass is 35.5. The number of nitrogens with zero attached hydrogens (tertiary/aromatic N) is 2. The van der Waals surface area contributed by atoms with E-state index in [-0.39, 0.29) is 34.5 Å². The van der Waals surface area contributed by atoms with Crippen molar-refractivity contribution in [2.75, 3.05) is 16.9 Å². The highest BCUT2D eigenvalue weighted by Gasteiger charge is 2.27. The van der Waals surface area contributed by atoms with Crippen molar-refractivity contribution in [1.82, 2.24) is 0 Å². The molecule has 2 aromatic rings. The molecule has 0 radical (unpaired) electrons. The molecular weight excluding hydrogens is 373 g/mol. The molecular formula is C19H13ClFN3O3. The minimum absolute atomic E-state index is 0.0451. The number of hydrogen-bond acceptors (Lipinski definition) is 5. The predicted molar refractivity (Wildman–Crippen MR) is 98.6 cm³/mol. The summed E-state index contributed by atoms with van der Waals surface area (Å²) in [6.07, 6.45) is 3.06. The number of carbonyl (C=O) groups is 1. The summed E-state index contributed by atoms with van der Waals surface area (Å²) in [5, 5.41) is 21.4. The molecule has 0 aliphatic carbocycles. The summed E-state index contributed by atoms with van der Waals surface area (Å²) in [6, 6.07) is 12.4. The number of benzene rings is 2. The van der Waals surface area contributed by atoms with Crippen molar-refractivity contribution in [3.05, 3.63) is 82.6 Å². The number of halogens is 2. The van der Waals surface area contributed by atoms with Crippen LogP contribution in [0.5, 0.6) is 0 Å². The van der Waals surface area contributed by atoms with Crippen LogP contribution in [0.4, 0.5) is 15.8 Å². The van der Waals surface area contributed by atoms with Crippen molar-refractivity contribution in [3.63, 3.8) is 0 Å². The molecule has 0 saturated carbocycles. The first-order valence-electron chi connectivity index (χ1n) is 7.76. The molecule has 136 valence electrons. The molecule has 1 aliphatic rings. The zero-order valence-corrected chi connectivity index (χ0v) is 14.6. The van der Waals surface area contributed by atoms with E-state index in [0.29, 0.717) is 5.69 Å². The summed E-state index contributed by atoms with van der Waals surface area (Å²) in [6.45, 7) is -0.0451. The molecule has 8 heteroatoms. The second kappa shape index (κ2) is 7.81. The Kier molecular flexibility index (Phi) is 5.29. The van der Waals surface area contributed by atoms with E-state index < -0.39 is 11.8 Å². The predicted octanol–water partition coefficient (Wildman–Crippen LogP) is 4.33. The van der Waals surface area contributed by atoms with E-state index in [4.69, 9.17) is 21.4 Å². The SMILES string of the molecule is N#CC1=C(C=CNc2ccc(C(=O)O)cc2)OCN1c1c(F)cccc1Cl. The zero-order chi connectivity index (χ0) is 19.4. The van der Waals surface area contributed by atoms with Crippen LogP contribution in [0.2, 0.25) is 5.02 Å². The smallest absolute Gasteiger partial charge is 0.335 e. The molecule has 2 N–H and O–H groups in total. The number of nitriles is 1. The molecule has 6 nitrogen and oxygen atoms in total. The Bertz CT molecular complexity index is 960. The zero-order valence-electron chi connectivity index (χ0n) is 13.8. The lowest BCUT2D eigenvalue weighted by molar-refractivity contribution is 0.0697. The van der Waals surface area contributed by atoms with Gasteiger partial charge in [-0.25, -0.2) is 9.18 Å². The third-order valence-electron chi connectivity index (χ3n) is 3.78. The third kappa shape index (κ3) is 3.86. The Hall–Kier alpha value is -3.50. The van der Waals surface area contributed by atoms with E-state index in [1.807, 2.05) is 6.07 Å². The van der Waals surface area contributed by atoms with Crippen LogP contribution in [0.3, 0.4) is 0 Å². The molecule has 1 heterocycles. The van der Waals surface area contributed by atoms with E-state index in [2.05, 4.69) is 5.32 Å². The van der Waals surface area contributed by atoms with Crippen LogP contribution in [-0.2, 0) is 4.74 Å². The number of ether oxygens (including phenoxy) is 1. The summed E-state index contributed by atoms with van der Waals surface area (Å²) >= 11 is 6.06. The number of aromatic carboxylic acids is 1. The van der Waals surface area contributed by atoms with Crippen molar-refractivity contribution < 1.29 is 19.0 Å². The van der Waals surface area contributed by atoms with Gasteiger partial charge < -0.3 is 15.2 Å². The monoisotopic (exact) mass is 385 g/mol. The standard InChI is InChI=1S/C19H13ClFN3O3/c20-14-2-1-3-15(21)18(14)24-11-27-17(16(24)10-22)8-9-23-13-6-4-12(5-7-13)19(25)26/h1-9,23H,11H2,(H,25,26). The van der Waals surface area contributed by atoms with Gasteiger partial charge in [0.05, 0.1) is 16.3 Å². The average molecular weight is 386 g/mol. The second-order valence-electron chi connectivity index (χ2n) is 5.46. The fourth-order valence-electron chi connectivity index (χ4n) is 2.49. The average Bonchev–Trinajstić information content (AvgIpc) is 3.04. The van der Waals surface area contributed by atoms with Gasteiger partial charge in [0.15, 0.2) is 18.2 Å². The lowest BCUT2D eigenvalue weighted by Crippen LogP contribution is -2.20. The van der Waals surface area contributed by atoms with Gasteiger partial charge in [-0.1, -0.05) is 17.7 Å². The molecule has 0 atom stereocenters. The van der Waals surface area contributed by atoms with Gasteiger partial charge in [-0.2, -0.15) is 5.26 Å². The second-order valence-corrected chi connectivity index (χ2v) is 5.86. The van der Waals surface area contributed by atoms with Crippen LogP contribution >= 0.6 is 11.6 Å². The van der Waals surface area contributed by atoms with E-state index in [1.54, 1.807) is 12.1 Å². The van der Waals surface area contributed by atoms with Gasteiger partial charge in [-0.05, 0) is 42.5 Å². The van der Waals surface area contributed by atoms with Crippen LogP contribution in [0.25, 0.3) is 0 Å². The summed E-state index contributed by atoms with van der Waals surface area (Å²) in [4.78, 5) is 12.2. The first-order valence-corrected chi connectivity index (χ1v) is 8.14. The summed E-state index contributed by atoms with van der Waals surface area (Å²) in [5.41, 5.74) is 1.04. The number of para-hydroxylation sites is 1. The van der Waals surface area contributed by atoms with Gasteiger partial charge >= 0.3 is 5.97 Å². The molecule has 3 rings (SSSR count). The molecule has 0 fully saturated rings. The molecule has 27 heavy (non-hydrogen) atoms.